The molecule has 8 heteroatoms. The molecule has 0 saturated carbocycles. The summed E-state index contributed by atoms with van der Waals surface area (Å²) in [4.78, 5) is 39.4. The van der Waals surface area contributed by atoms with E-state index >= 15 is 0 Å². The largest absolute Gasteiger partial charge is 0.459 e. The Kier molecular flexibility index (Phi) is 5.04. The van der Waals surface area contributed by atoms with E-state index in [1.807, 2.05) is 4.90 Å². The summed E-state index contributed by atoms with van der Waals surface area (Å²) in [6.45, 7) is 3.87. The van der Waals surface area contributed by atoms with Crippen LogP contribution in [0.3, 0.4) is 0 Å². The summed E-state index contributed by atoms with van der Waals surface area (Å²) in [6.07, 6.45) is 8.26. The molecule has 0 atom stereocenters. The van der Waals surface area contributed by atoms with Crippen molar-refractivity contribution < 1.29 is 14.0 Å². The molecule has 0 N–H and O–H groups in total. The van der Waals surface area contributed by atoms with Gasteiger partial charge in [0.1, 0.15) is 5.82 Å². The lowest BCUT2D eigenvalue weighted by atomic mass is 9.95. The Morgan fingerprint density at radius 3 is 2.37 bits per heavy atom. The number of carbonyl (C=O) groups excluding carboxylic acids is 2. The highest BCUT2D eigenvalue weighted by Gasteiger charge is 2.32. The van der Waals surface area contributed by atoms with Gasteiger partial charge in [0.15, 0.2) is 5.76 Å². The van der Waals surface area contributed by atoms with Gasteiger partial charge >= 0.3 is 0 Å². The van der Waals surface area contributed by atoms with Crippen LogP contribution in [-0.2, 0) is 4.79 Å². The van der Waals surface area contributed by atoms with Crippen molar-refractivity contribution in [2.45, 2.75) is 12.8 Å². The topological polar surface area (TPSA) is 82.8 Å². The molecule has 2 aliphatic heterocycles. The Bertz CT molecular complexity index is 764. The monoisotopic (exact) mass is 369 g/mol. The molecule has 0 unspecified atom stereocenters. The van der Waals surface area contributed by atoms with Crippen LogP contribution in [0.1, 0.15) is 23.4 Å². The third-order valence-electron chi connectivity index (χ3n) is 5.33. The van der Waals surface area contributed by atoms with Gasteiger partial charge in [-0.3, -0.25) is 14.6 Å². The van der Waals surface area contributed by atoms with Gasteiger partial charge in [0, 0.05) is 57.6 Å². The number of rotatable bonds is 3. The fourth-order valence-electron chi connectivity index (χ4n) is 3.75. The first-order chi connectivity index (χ1) is 13.2. The first kappa shape index (κ1) is 17.5. The standard InChI is InChI=1S/C19H23N5O3/c25-18(15-3-7-22(8-4-15)17-14-20-5-6-21-17)23-9-11-24(12-10-23)19(26)16-2-1-13-27-16/h1-2,5-6,13-15H,3-4,7-12H2. The highest BCUT2D eigenvalue weighted by Crippen LogP contribution is 2.23. The average Bonchev–Trinajstić information content (AvgIpc) is 3.28. The van der Waals surface area contributed by atoms with Crippen LogP contribution in [0.15, 0.2) is 41.4 Å². The van der Waals surface area contributed by atoms with E-state index in [-0.39, 0.29) is 17.7 Å². The van der Waals surface area contributed by atoms with E-state index in [4.69, 9.17) is 4.42 Å². The number of nitrogens with zero attached hydrogens (tertiary/aromatic N) is 5. The zero-order valence-electron chi connectivity index (χ0n) is 15.2. The lowest BCUT2D eigenvalue weighted by Crippen LogP contribution is -2.53. The van der Waals surface area contributed by atoms with Gasteiger partial charge in [-0.15, -0.1) is 0 Å². The van der Waals surface area contributed by atoms with Crippen LogP contribution in [0.5, 0.6) is 0 Å². The molecule has 2 aliphatic rings. The Morgan fingerprint density at radius 1 is 1.00 bits per heavy atom. The molecular weight excluding hydrogens is 346 g/mol. The van der Waals surface area contributed by atoms with Gasteiger partial charge in [-0.05, 0) is 25.0 Å². The minimum absolute atomic E-state index is 0.0465. The maximum absolute atomic E-state index is 12.9. The highest BCUT2D eigenvalue weighted by atomic mass is 16.3. The second kappa shape index (κ2) is 7.77. The summed E-state index contributed by atoms with van der Waals surface area (Å²) in [5, 5.41) is 0. The van der Waals surface area contributed by atoms with E-state index < -0.39 is 0 Å². The molecule has 0 aliphatic carbocycles. The average molecular weight is 369 g/mol. The number of carbonyl (C=O) groups is 2. The van der Waals surface area contributed by atoms with Crippen LogP contribution in [0.2, 0.25) is 0 Å². The Hall–Kier alpha value is -2.90. The van der Waals surface area contributed by atoms with Gasteiger partial charge in [0.2, 0.25) is 5.91 Å². The van der Waals surface area contributed by atoms with Gasteiger partial charge in [-0.25, -0.2) is 4.98 Å². The second-order valence-electron chi connectivity index (χ2n) is 6.92. The summed E-state index contributed by atoms with van der Waals surface area (Å²) < 4.78 is 5.18. The fraction of sp³-hybridized carbons (Fsp3) is 0.474. The number of hydrogen-bond donors (Lipinski definition) is 0. The van der Waals surface area contributed by atoms with E-state index in [0.717, 1.165) is 31.7 Å². The molecule has 0 aromatic carbocycles. The van der Waals surface area contributed by atoms with Crippen molar-refractivity contribution in [2.24, 2.45) is 5.92 Å². The number of hydrogen-bond acceptors (Lipinski definition) is 6. The van der Waals surface area contributed by atoms with Crippen molar-refractivity contribution in [3.05, 3.63) is 42.7 Å². The first-order valence-corrected chi connectivity index (χ1v) is 9.35. The summed E-state index contributed by atoms with van der Waals surface area (Å²) in [7, 11) is 0. The molecule has 27 heavy (non-hydrogen) atoms. The normalized spacial score (nSPS) is 18.6. The number of piperazine rings is 1. The Morgan fingerprint density at radius 2 is 1.74 bits per heavy atom. The van der Waals surface area contributed by atoms with E-state index in [1.165, 1.54) is 6.26 Å². The molecule has 4 rings (SSSR count). The van der Waals surface area contributed by atoms with Crippen LogP contribution >= 0.6 is 0 Å². The van der Waals surface area contributed by atoms with Gasteiger partial charge in [-0.1, -0.05) is 0 Å². The summed E-state index contributed by atoms with van der Waals surface area (Å²) in [5.74, 6) is 1.37. The number of anilines is 1. The van der Waals surface area contributed by atoms with Crippen LogP contribution in [0.4, 0.5) is 5.82 Å². The smallest absolute Gasteiger partial charge is 0.289 e. The molecule has 2 fully saturated rings. The molecular formula is C19H23N5O3. The molecule has 2 amide bonds. The van der Waals surface area contributed by atoms with Crippen molar-refractivity contribution in [3.63, 3.8) is 0 Å². The van der Waals surface area contributed by atoms with Crippen molar-refractivity contribution in [1.82, 2.24) is 19.8 Å². The molecule has 2 aromatic heterocycles. The van der Waals surface area contributed by atoms with Gasteiger partial charge in [0.05, 0.1) is 12.5 Å². The van der Waals surface area contributed by atoms with Crippen molar-refractivity contribution in [1.29, 1.82) is 0 Å². The summed E-state index contributed by atoms with van der Waals surface area (Å²) in [6, 6.07) is 3.38. The van der Waals surface area contributed by atoms with Crippen LogP contribution in [-0.4, -0.2) is 70.9 Å². The molecule has 4 heterocycles. The van der Waals surface area contributed by atoms with Crippen molar-refractivity contribution >= 4 is 17.6 Å². The van der Waals surface area contributed by atoms with Crippen LogP contribution < -0.4 is 4.90 Å². The maximum Gasteiger partial charge on any atom is 0.289 e. The van der Waals surface area contributed by atoms with Crippen molar-refractivity contribution in [3.8, 4) is 0 Å². The van der Waals surface area contributed by atoms with Gasteiger partial charge in [-0.2, -0.15) is 0 Å². The maximum atomic E-state index is 12.9. The molecule has 8 nitrogen and oxygen atoms in total. The molecule has 0 radical (unpaired) electrons. The first-order valence-electron chi connectivity index (χ1n) is 9.35. The summed E-state index contributed by atoms with van der Waals surface area (Å²) in [5.41, 5.74) is 0. The third kappa shape index (κ3) is 3.79. The summed E-state index contributed by atoms with van der Waals surface area (Å²) >= 11 is 0. The van der Waals surface area contributed by atoms with Crippen molar-refractivity contribution in [2.75, 3.05) is 44.2 Å². The molecule has 0 spiro atoms. The van der Waals surface area contributed by atoms with Gasteiger partial charge in [0.25, 0.3) is 5.91 Å². The predicted octanol–water partition coefficient (Wildman–Crippen LogP) is 1.27. The SMILES string of the molecule is O=C(c1ccco1)N1CCN(C(=O)C2CCN(c3cnccn3)CC2)CC1. The number of aromatic nitrogens is 2. The van der Waals surface area contributed by atoms with E-state index in [0.29, 0.717) is 31.9 Å². The number of piperidine rings is 1. The lowest BCUT2D eigenvalue weighted by molar-refractivity contribution is -0.137. The number of furan rings is 1. The Labute approximate surface area is 157 Å². The number of amides is 2. The fourth-order valence-corrected chi connectivity index (χ4v) is 3.75. The zero-order chi connectivity index (χ0) is 18.6. The predicted molar refractivity (Wildman–Crippen MR) is 98.2 cm³/mol. The zero-order valence-corrected chi connectivity index (χ0v) is 15.2. The Balaban J connectivity index is 1.27. The quantitative estimate of drug-likeness (QED) is 0.810. The molecule has 142 valence electrons. The minimum Gasteiger partial charge on any atom is -0.459 e. The lowest BCUT2D eigenvalue weighted by Gasteiger charge is -2.38. The van der Waals surface area contributed by atoms with Crippen LogP contribution in [0.25, 0.3) is 0 Å². The molecule has 2 saturated heterocycles. The third-order valence-corrected chi connectivity index (χ3v) is 5.33. The second-order valence-corrected chi connectivity index (χ2v) is 6.92. The molecule has 2 aromatic rings. The molecule has 0 bridgehead atoms. The van der Waals surface area contributed by atoms with E-state index in [9.17, 15) is 9.59 Å². The highest BCUT2D eigenvalue weighted by molar-refractivity contribution is 5.91. The van der Waals surface area contributed by atoms with Gasteiger partial charge < -0.3 is 19.1 Å². The minimum atomic E-state index is -0.107. The van der Waals surface area contributed by atoms with E-state index in [2.05, 4.69) is 14.9 Å². The van der Waals surface area contributed by atoms with E-state index in [1.54, 1.807) is 35.6 Å². The van der Waals surface area contributed by atoms with Crippen LogP contribution in [0, 0.1) is 5.92 Å².